The van der Waals surface area contributed by atoms with Crippen molar-refractivity contribution in [3.8, 4) is 0 Å². The summed E-state index contributed by atoms with van der Waals surface area (Å²) in [5.74, 6) is 0. The molecule has 0 saturated heterocycles. The molecule has 1 heterocycles. The molecule has 0 aliphatic carbocycles. The van der Waals surface area contributed by atoms with Crippen molar-refractivity contribution in [3.63, 3.8) is 0 Å². The molecule has 0 unspecified atom stereocenters. The fourth-order valence-corrected chi connectivity index (χ4v) is 3.35. The lowest BCUT2D eigenvalue weighted by molar-refractivity contribution is 0.700. The highest BCUT2D eigenvalue weighted by Crippen LogP contribution is 2.19. The summed E-state index contributed by atoms with van der Waals surface area (Å²) in [6, 6.07) is 10.9. The molecule has 0 spiro atoms. The Labute approximate surface area is 119 Å². The van der Waals surface area contributed by atoms with Gasteiger partial charge in [0, 0.05) is 32.7 Å². The minimum Gasteiger partial charge on any atom is -0.308 e. The molecule has 17 heavy (non-hydrogen) atoms. The SMILES string of the molecule is CSc1ccc(CNCc2cc(Br)cs2)cc1. The van der Waals surface area contributed by atoms with Crippen molar-refractivity contribution in [3.05, 3.63) is 50.6 Å². The van der Waals surface area contributed by atoms with Gasteiger partial charge in [0.1, 0.15) is 0 Å². The van der Waals surface area contributed by atoms with Crippen molar-refractivity contribution >= 4 is 39.0 Å². The predicted molar refractivity (Wildman–Crippen MR) is 80.8 cm³/mol. The van der Waals surface area contributed by atoms with E-state index in [2.05, 4.69) is 63.2 Å². The number of benzene rings is 1. The molecule has 0 fully saturated rings. The first-order chi connectivity index (χ1) is 8.28. The van der Waals surface area contributed by atoms with E-state index in [1.165, 1.54) is 19.8 Å². The molecule has 1 nitrogen and oxygen atoms in total. The maximum atomic E-state index is 3.47. The van der Waals surface area contributed by atoms with Crippen LogP contribution in [0.1, 0.15) is 10.4 Å². The Morgan fingerprint density at radius 2 is 2.00 bits per heavy atom. The van der Waals surface area contributed by atoms with E-state index in [0.717, 1.165) is 13.1 Å². The Morgan fingerprint density at radius 1 is 1.24 bits per heavy atom. The summed E-state index contributed by atoms with van der Waals surface area (Å²) in [6.07, 6.45) is 2.10. The van der Waals surface area contributed by atoms with Crippen LogP contribution in [0.15, 0.2) is 45.1 Å². The lowest BCUT2D eigenvalue weighted by Gasteiger charge is -2.04. The van der Waals surface area contributed by atoms with Crippen LogP contribution >= 0.6 is 39.0 Å². The number of thiophene rings is 1. The number of hydrogen-bond donors (Lipinski definition) is 1. The molecule has 2 rings (SSSR count). The first-order valence-electron chi connectivity index (χ1n) is 5.34. The van der Waals surface area contributed by atoms with Crippen molar-refractivity contribution in [2.24, 2.45) is 0 Å². The third-order valence-electron chi connectivity index (χ3n) is 2.41. The van der Waals surface area contributed by atoms with Crippen LogP contribution in [-0.4, -0.2) is 6.26 Å². The second-order valence-corrected chi connectivity index (χ2v) is 6.47. The summed E-state index contributed by atoms with van der Waals surface area (Å²) >= 11 is 7.02. The molecular formula is C13H14BrNS2. The van der Waals surface area contributed by atoms with E-state index < -0.39 is 0 Å². The van der Waals surface area contributed by atoms with Crippen LogP contribution in [0.4, 0.5) is 0 Å². The summed E-state index contributed by atoms with van der Waals surface area (Å²) in [7, 11) is 0. The normalized spacial score (nSPS) is 10.7. The molecule has 1 aromatic heterocycles. The van der Waals surface area contributed by atoms with Gasteiger partial charge in [-0.2, -0.15) is 0 Å². The van der Waals surface area contributed by atoms with E-state index in [4.69, 9.17) is 0 Å². The molecular weight excluding hydrogens is 314 g/mol. The Kier molecular flexibility index (Phi) is 5.10. The molecule has 0 saturated carbocycles. The zero-order chi connectivity index (χ0) is 12.1. The molecule has 0 atom stereocenters. The first kappa shape index (κ1) is 13.1. The van der Waals surface area contributed by atoms with Gasteiger partial charge in [-0.25, -0.2) is 0 Å². The lowest BCUT2D eigenvalue weighted by atomic mass is 10.2. The van der Waals surface area contributed by atoms with Crippen LogP contribution in [0.5, 0.6) is 0 Å². The van der Waals surface area contributed by atoms with E-state index in [1.54, 1.807) is 23.1 Å². The van der Waals surface area contributed by atoms with Gasteiger partial charge in [0.25, 0.3) is 0 Å². The highest BCUT2D eigenvalue weighted by atomic mass is 79.9. The summed E-state index contributed by atoms with van der Waals surface area (Å²) in [4.78, 5) is 2.67. The highest BCUT2D eigenvalue weighted by molar-refractivity contribution is 9.10. The molecule has 2 aromatic rings. The Hall–Kier alpha value is -0.290. The number of halogens is 1. The standard InChI is InChI=1S/C13H14BrNS2/c1-16-12-4-2-10(3-5-12)7-15-8-13-6-11(14)9-17-13/h2-6,9,15H,7-8H2,1H3. The van der Waals surface area contributed by atoms with Crippen molar-refractivity contribution in [1.29, 1.82) is 0 Å². The largest absolute Gasteiger partial charge is 0.308 e. The van der Waals surface area contributed by atoms with Crippen LogP contribution in [0.25, 0.3) is 0 Å². The van der Waals surface area contributed by atoms with Gasteiger partial charge in [-0.3, -0.25) is 0 Å². The molecule has 0 bridgehead atoms. The van der Waals surface area contributed by atoms with Gasteiger partial charge >= 0.3 is 0 Å². The lowest BCUT2D eigenvalue weighted by Crippen LogP contribution is -2.11. The second-order valence-electron chi connectivity index (χ2n) is 3.68. The van der Waals surface area contributed by atoms with Crippen LogP contribution < -0.4 is 5.32 Å². The summed E-state index contributed by atoms with van der Waals surface area (Å²) in [6.45, 7) is 1.85. The topological polar surface area (TPSA) is 12.0 Å². The molecule has 0 amide bonds. The van der Waals surface area contributed by atoms with E-state index in [9.17, 15) is 0 Å². The minimum atomic E-state index is 0.921. The van der Waals surface area contributed by atoms with Crippen molar-refractivity contribution in [2.45, 2.75) is 18.0 Å². The molecule has 0 radical (unpaired) electrons. The predicted octanol–water partition coefficient (Wildman–Crippen LogP) is 4.52. The number of thioether (sulfide) groups is 1. The molecule has 1 aromatic carbocycles. The van der Waals surface area contributed by atoms with Gasteiger partial charge in [0.2, 0.25) is 0 Å². The van der Waals surface area contributed by atoms with Gasteiger partial charge in [0.05, 0.1) is 0 Å². The highest BCUT2D eigenvalue weighted by Gasteiger charge is 1.98. The van der Waals surface area contributed by atoms with E-state index in [0.29, 0.717) is 0 Å². The van der Waals surface area contributed by atoms with Gasteiger partial charge in [-0.1, -0.05) is 12.1 Å². The van der Waals surface area contributed by atoms with Crippen LogP contribution in [-0.2, 0) is 13.1 Å². The Morgan fingerprint density at radius 3 is 2.59 bits per heavy atom. The zero-order valence-electron chi connectivity index (χ0n) is 9.57. The maximum absolute atomic E-state index is 3.47. The Bertz CT molecular complexity index is 465. The smallest absolute Gasteiger partial charge is 0.0303 e. The fourth-order valence-electron chi connectivity index (χ4n) is 1.52. The number of rotatable bonds is 5. The van der Waals surface area contributed by atoms with Crippen LogP contribution in [0, 0.1) is 0 Å². The summed E-state index contributed by atoms with van der Waals surface area (Å²) in [5, 5.41) is 5.57. The van der Waals surface area contributed by atoms with Crippen molar-refractivity contribution in [2.75, 3.05) is 6.26 Å². The van der Waals surface area contributed by atoms with E-state index in [1.807, 2.05) is 0 Å². The number of nitrogens with one attached hydrogen (secondary N) is 1. The Balaban J connectivity index is 1.81. The monoisotopic (exact) mass is 327 g/mol. The quantitative estimate of drug-likeness (QED) is 0.810. The van der Waals surface area contributed by atoms with Gasteiger partial charge in [-0.05, 0) is 45.9 Å². The summed E-state index contributed by atoms with van der Waals surface area (Å²) < 4.78 is 1.17. The summed E-state index contributed by atoms with van der Waals surface area (Å²) in [5.41, 5.74) is 1.33. The molecule has 0 aliphatic heterocycles. The molecule has 1 N–H and O–H groups in total. The van der Waals surface area contributed by atoms with Crippen LogP contribution in [0.2, 0.25) is 0 Å². The second kappa shape index (κ2) is 6.59. The third kappa shape index (κ3) is 4.14. The first-order valence-corrected chi connectivity index (χ1v) is 8.24. The number of hydrogen-bond acceptors (Lipinski definition) is 3. The van der Waals surface area contributed by atoms with Gasteiger partial charge in [0.15, 0.2) is 0 Å². The average molecular weight is 328 g/mol. The van der Waals surface area contributed by atoms with Crippen LogP contribution in [0.3, 0.4) is 0 Å². The van der Waals surface area contributed by atoms with E-state index in [-0.39, 0.29) is 0 Å². The molecule has 0 aliphatic rings. The van der Waals surface area contributed by atoms with Gasteiger partial charge in [-0.15, -0.1) is 23.1 Å². The van der Waals surface area contributed by atoms with E-state index >= 15 is 0 Å². The van der Waals surface area contributed by atoms with Crippen molar-refractivity contribution in [1.82, 2.24) is 5.32 Å². The van der Waals surface area contributed by atoms with Crippen molar-refractivity contribution < 1.29 is 0 Å². The zero-order valence-corrected chi connectivity index (χ0v) is 12.8. The minimum absolute atomic E-state index is 0.921. The average Bonchev–Trinajstić information content (AvgIpc) is 2.76. The molecule has 90 valence electrons. The molecule has 4 heteroatoms. The fraction of sp³-hybridized carbons (Fsp3) is 0.231. The third-order valence-corrected chi connectivity index (χ3v) is 4.85. The maximum Gasteiger partial charge on any atom is 0.0303 e. The van der Waals surface area contributed by atoms with Gasteiger partial charge < -0.3 is 5.32 Å².